The molecule has 3 rings (SSSR count). The zero-order chi connectivity index (χ0) is 18.5. The van der Waals surface area contributed by atoms with Crippen molar-refractivity contribution in [3.8, 4) is 6.07 Å². The second-order valence-corrected chi connectivity index (χ2v) is 6.40. The van der Waals surface area contributed by atoms with Crippen LogP contribution in [0.15, 0.2) is 54.6 Å². The molecule has 0 amide bonds. The Bertz CT molecular complexity index is 957. The summed E-state index contributed by atoms with van der Waals surface area (Å²) < 4.78 is 0. The third-order valence-electron chi connectivity index (χ3n) is 3.95. The molecule has 1 aromatic heterocycles. The summed E-state index contributed by atoms with van der Waals surface area (Å²) in [5.41, 5.74) is 4.50. The summed E-state index contributed by atoms with van der Waals surface area (Å²) in [6.45, 7) is 6.26. The number of aromatic nitrogens is 2. The van der Waals surface area contributed by atoms with Crippen molar-refractivity contribution in [2.24, 2.45) is 0 Å². The Morgan fingerprint density at radius 1 is 0.962 bits per heavy atom. The summed E-state index contributed by atoms with van der Waals surface area (Å²) in [5, 5.41) is 15.6. The van der Waals surface area contributed by atoms with E-state index in [4.69, 9.17) is 5.26 Å². The summed E-state index contributed by atoms with van der Waals surface area (Å²) in [6.07, 6.45) is 0. The number of para-hydroxylation sites is 1. The zero-order valence-electron chi connectivity index (χ0n) is 15.1. The molecule has 1 heterocycles. The standard InChI is InChI=1S/C21H21N5/c1-14(2)18-9-4-5-10-19(18)25-20-11-15(3)23-21(26-20)24-17-8-6-7-16(12-17)13-22/h4-12,14H,1-3H3,(H2,23,24,25,26). The van der Waals surface area contributed by atoms with Crippen LogP contribution in [0.25, 0.3) is 0 Å². The predicted molar refractivity (Wildman–Crippen MR) is 105 cm³/mol. The molecule has 0 saturated heterocycles. The van der Waals surface area contributed by atoms with Crippen LogP contribution >= 0.6 is 0 Å². The van der Waals surface area contributed by atoms with Gasteiger partial charge in [-0.1, -0.05) is 38.1 Å². The number of nitrogens with zero attached hydrogens (tertiary/aromatic N) is 3. The zero-order valence-corrected chi connectivity index (χ0v) is 15.1. The Balaban J connectivity index is 1.88. The van der Waals surface area contributed by atoms with E-state index in [1.165, 1.54) is 5.56 Å². The van der Waals surface area contributed by atoms with Crippen LogP contribution in [-0.2, 0) is 0 Å². The van der Waals surface area contributed by atoms with Crippen LogP contribution in [0.5, 0.6) is 0 Å². The molecule has 0 spiro atoms. The van der Waals surface area contributed by atoms with E-state index in [1.54, 1.807) is 12.1 Å². The quantitative estimate of drug-likeness (QED) is 0.660. The number of anilines is 4. The maximum absolute atomic E-state index is 9.03. The molecule has 0 unspecified atom stereocenters. The minimum atomic E-state index is 0.410. The SMILES string of the molecule is Cc1cc(Nc2ccccc2C(C)C)nc(Nc2cccc(C#N)c2)n1. The van der Waals surface area contributed by atoms with Crippen molar-refractivity contribution in [2.45, 2.75) is 26.7 Å². The summed E-state index contributed by atoms with van der Waals surface area (Å²) in [6, 6.07) is 19.5. The van der Waals surface area contributed by atoms with Crippen LogP contribution in [0.2, 0.25) is 0 Å². The lowest BCUT2D eigenvalue weighted by molar-refractivity contribution is 0.869. The fourth-order valence-electron chi connectivity index (χ4n) is 2.74. The highest BCUT2D eigenvalue weighted by Gasteiger charge is 2.08. The summed E-state index contributed by atoms with van der Waals surface area (Å²) in [4.78, 5) is 9.00. The number of nitrogens with one attached hydrogen (secondary N) is 2. The lowest BCUT2D eigenvalue weighted by Crippen LogP contribution is -2.04. The normalized spacial score (nSPS) is 10.4. The van der Waals surface area contributed by atoms with Crippen molar-refractivity contribution in [3.63, 3.8) is 0 Å². The fourth-order valence-corrected chi connectivity index (χ4v) is 2.74. The Labute approximate surface area is 153 Å². The van der Waals surface area contributed by atoms with Crippen molar-refractivity contribution in [3.05, 3.63) is 71.4 Å². The topological polar surface area (TPSA) is 73.6 Å². The molecule has 0 aliphatic rings. The van der Waals surface area contributed by atoms with Gasteiger partial charge in [0.05, 0.1) is 11.6 Å². The van der Waals surface area contributed by atoms with Gasteiger partial charge in [-0.25, -0.2) is 4.98 Å². The molecule has 26 heavy (non-hydrogen) atoms. The molecule has 2 N–H and O–H groups in total. The molecular formula is C21H21N5. The summed E-state index contributed by atoms with van der Waals surface area (Å²) >= 11 is 0. The minimum Gasteiger partial charge on any atom is -0.340 e. The summed E-state index contributed by atoms with van der Waals surface area (Å²) in [5.74, 6) is 1.63. The lowest BCUT2D eigenvalue weighted by Gasteiger charge is -2.15. The molecule has 5 nitrogen and oxygen atoms in total. The van der Waals surface area contributed by atoms with Crippen molar-refractivity contribution >= 4 is 23.1 Å². The van der Waals surface area contributed by atoms with Crippen molar-refractivity contribution in [1.82, 2.24) is 9.97 Å². The smallest absolute Gasteiger partial charge is 0.229 e. The first-order valence-corrected chi connectivity index (χ1v) is 8.54. The third-order valence-corrected chi connectivity index (χ3v) is 3.95. The Hall–Kier alpha value is -3.39. The molecule has 0 aliphatic carbocycles. The van der Waals surface area contributed by atoms with Crippen molar-refractivity contribution < 1.29 is 0 Å². The highest BCUT2D eigenvalue weighted by atomic mass is 15.1. The van der Waals surface area contributed by atoms with Crippen molar-refractivity contribution in [1.29, 1.82) is 5.26 Å². The van der Waals surface area contributed by atoms with Crippen LogP contribution in [0, 0.1) is 18.3 Å². The second-order valence-electron chi connectivity index (χ2n) is 6.40. The van der Waals surface area contributed by atoms with Gasteiger partial charge >= 0.3 is 0 Å². The molecule has 0 saturated carbocycles. The van der Waals surface area contributed by atoms with Gasteiger partial charge in [0.2, 0.25) is 5.95 Å². The Morgan fingerprint density at radius 2 is 1.77 bits per heavy atom. The number of benzene rings is 2. The van der Waals surface area contributed by atoms with E-state index in [9.17, 15) is 0 Å². The Kier molecular flexibility index (Phi) is 5.14. The summed E-state index contributed by atoms with van der Waals surface area (Å²) in [7, 11) is 0. The van der Waals surface area contributed by atoms with Gasteiger partial charge in [0.1, 0.15) is 5.82 Å². The fraction of sp³-hybridized carbons (Fsp3) is 0.190. The monoisotopic (exact) mass is 343 g/mol. The van der Waals surface area contributed by atoms with E-state index in [1.807, 2.05) is 37.3 Å². The molecule has 130 valence electrons. The lowest BCUT2D eigenvalue weighted by atomic mass is 10.0. The number of hydrogen-bond acceptors (Lipinski definition) is 5. The van der Waals surface area contributed by atoms with Gasteiger partial charge in [0.25, 0.3) is 0 Å². The van der Waals surface area contributed by atoms with Crippen LogP contribution in [0.3, 0.4) is 0 Å². The van der Waals surface area contributed by atoms with Gasteiger partial charge < -0.3 is 10.6 Å². The van der Waals surface area contributed by atoms with E-state index < -0.39 is 0 Å². The first-order valence-electron chi connectivity index (χ1n) is 8.54. The largest absolute Gasteiger partial charge is 0.340 e. The van der Waals surface area contributed by atoms with Gasteiger partial charge in [0.15, 0.2) is 0 Å². The highest BCUT2D eigenvalue weighted by Crippen LogP contribution is 2.27. The van der Waals surface area contributed by atoms with Gasteiger partial charge in [-0.05, 0) is 42.7 Å². The maximum atomic E-state index is 9.03. The van der Waals surface area contributed by atoms with E-state index in [0.717, 1.165) is 22.9 Å². The Morgan fingerprint density at radius 3 is 2.54 bits per heavy atom. The van der Waals surface area contributed by atoms with Gasteiger partial charge in [-0.15, -0.1) is 0 Å². The first kappa shape index (κ1) is 17.4. The molecular weight excluding hydrogens is 322 g/mol. The second kappa shape index (κ2) is 7.66. The van der Waals surface area contributed by atoms with Crippen molar-refractivity contribution in [2.75, 3.05) is 10.6 Å². The molecule has 3 aromatic rings. The first-order chi connectivity index (χ1) is 12.5. The molecule has 0 bridgehead atoms. The molecule has 0 atom stereocenters. The van der Waals surface area contributed by atoms with E-state index in [0.29, 0.717) is 17.4 Å². The highest BCUT2D eigenvalue weighted by molar-refractivity contribution is 5.64. The van der Waals surface area contributed by atoms with E-state index in [-0.39, 0.29) is 0 Å². The number of aryl methyl sites for hydroxylation is 1. The maximum Gasteiger partial charge on any atom is 0.229 e. The molecule has 0 radical (unpaired) electrons. The number of hydrogen-bond donors (Lipinski definition) is 2. The van der Waals surface area contributed by atoms with Gasteiger partial charge in [-0.3, -0.25) is 0 Å². The average molecular weight is 343 g/mol. The van der Waals surface area contributed by atoms with Gasteiger partial charge in [0, 0.05) is 23.1 Å². The minimum absolute atomic E-state index is 0.410. The molecule has 0 aliphatic heterocycles. The average Bonchev–Trinajstić information content (AvgIpc) is 2.61. The molecule has 2 aromatic carbocycles. The van der Waals surface area contributed by atoms with Crippen LogP contribution < -0.4 is 10.6 Å². The number of rotatable bonds is 5. The van der Waals surface area contributed by atoms with E-state index >= 15 is 0 Å². The van der Waals surface area contributed by atoms with Crippen LogP contribution in [0.4, 0.5) is 23.1 Å². The van der Waals surface area contributed by atoms with E-state index in [2.05, 4.69) is 52.7 Å². The molecule has 0 fully saturated rings. The number of nitriles is 1. The predicted octanol–water partition coefficient (Wildman–Crippen LogP) is 5.27. The third kappa shape index (κ3) is 4.17. The van der Waals surface area contributed by atoms with Gasteiger partial charge in [-0.2, -0.15) is 10.2 Å². The van der Waals surface area contributed by atoms with Crippen LogP contribution in [0.1, 0.15) is 36.6 Å². The van der Waals surface area contributed by atoms with Crippen LogP contribution in [-0.4, -0.2) is 9.97 Å². The molecule has 5 heteroatoms.